The summed E-state index contributed by atoms with van der Waals surface area (Å²) in [4.78, 5) is 30.3. The van der Waals surface area contributed by atoms with E-state index in [1.54, 1.807) is 6.07 Å². The maximum absolute atomic E-state index is 14.8. The van der Waals surface area contributed by atoms with E-state index in [9.17, 15) is 19.1 Å². The molecular formula is C27H29FN2O3. The van der Waals surface area contributed by atoms with Crippen LogP contribution in [-0.4, -0.2) is 39.5 Å². The van der Waals surface area contributed by atoms with Crippen LogP contribution in [0.25, 0.3) is 10.9 Å². The van der Waals surface area contributed by atoms with Crippen LogP contribution in [0.3, 0.4) is 0 Å². The van der Waals surface area contributed by atoms with Gasteiger partial charge in [-0.25, -0.2) is 4.39 Å². The summed E-state index contributed by atoms with van der Waals surface area (Å²) >= 11 is 0. The normalized spacial score (nSPS) is 23.8. The van der Waals surface area contributed by atoms with Crippen LogP contribution in [0, 0.1) is 17.7 Å². The Kier molecular flexibility index (Phi) is 5.92. The maximum atomic E-state index is 14.8. The number of fused-ring (bicyclic) bond motifs is 2. The van der Waals surface area contributed by atoms with Gasteiger partial charge < -0.3 is 15.0 Å². The lowest BCUT2D eigenvalue weighted by molar-refractivity contribution is -0.146. The molecule has 2 aliphatic rings. The Bertz CT molecular complexity index is 1160. The van der Waals surface area contributed by atoms with Gasteiger partial charge in [0, 0.05) is 42.0 Å². The van der Waals surface area contributed by atoms with Gasteiger partial charge in [0.25, 0.3) is 0 Å². The van der Waals surface area contributed by atoms with Crippen LogP contribution >= 0.6 is 0 Å². The quantitative estimate of drug-likeness (QED) is 0.555. The number of hydrogen-bond acceptors (Lipinski definition) is 2. The average molecular weight is 449 g/mol. The molecule has 1 aliphatic carbocycles. The molecule has 1 saturated carbocycles. The number of carboxylic acids is 1. The van der Waals surface area contributed by atoms with Crippen molar-refractivity contribution in [3.63, 3.8) is 0 Å². The van der Waals surface area contributed by atoms with Crippen molar-refractivity contribution in [2.75, 3.05) is 6.54 Å². The molecule has 6 heteroatoms. The number of nitrogens with zero attached hydrogens (tertiary/aromatic N) is 1. The number of aromatic amines is 1. The van der Waals surface area contributed by atoms with Gasteiger partial charge in [-0.3, -0.25) is 9.59 Å². The number of likely N-dealkylation sites (tertiary alicyclic amines) is 1. The highest BCUT2D eigenvalue weighted by Gasteiger charge is 2.41. The third kappa shape index (κ3) is 4.14. The van der Waals surface area contributed by atoms with Gasteiger partial charge in [-0.15, -0.1) is 0 Å². The van der Waals surface area contributed by atoms with E-state index in [1.165, 1.54) is 6.07 Å². The lowest BCUT2D eigenvalue weighted by Crippen LogP contribution is -2.51. The van der Waals surface area contributed by atoms with Crippen molar-refractivity contribution in [1.29, 1.82) is 0 Å². The van der Waals surface area contributed by atoms with E-state index in [0.29, 0.717) is 24.8 Å². The predicted octanol–water partition coefficient (Wildman–Crippen LogP) is 5.32. The second-order valence-corrected chi connectivity index (χ2v) is 9.48. The van der Waals surface area contributed by atoms with E-state index in [-0.39, 0.29) is 41.9 Å². The van der Waals surface area contributed by atoms with Gasteiger partial charge in [-0.2, -0.15) is 0 Å². The predicted molar refractivity (Wildman–Crippen MR) is 124 cm³/mol. The van der Waals surface area contributed by atoms with Crippen LogP contribution < -0.4 is 0 Å². The van der Waals surface area contributed by atoms with Gasteiger partial charge in [0.1, 0.15) is 5.82 Å². The second-order valence-electron chi connectivity index (χ2n) is 9.48. The Balaban J connectivity index is 1.44. The average Bonchev–Trinajstić information content (AvgIpc) is 3.27. The van der Waals surface area contributed by atoms with Gasteiger partial charge in [0.05, 0.1) is 5.92 Å². The summed E-state index contributed by atoms with van der Waals surface area (Å²) in [5.74, 6) is -1.26. The summed E-state index contributed by atoms with van der Waals surface area (Å²) in [6.45, 7) is 0.710. The summed E-state index contributed by atoms with van der Waals surface area (Å²) in [6.07, 6.45) is 5.98. The number of halogens is 1. The molecule has 172 valence electrons. The first kappa shape index (κ1) is 21.7. The van der Waals surface area contributed by atoms with Gasteiger partial charge in [0.2, 0.25) is 5.91 Å². The number of benzene rings is 2. The number of carboxylic acid groups (broad SMARTS) is 1. The summed E-state index contributed by atoms with van der Waals surface area (Å²) < 4.78 is 14.8. The minimum absolute atomic E-state index is 0.0676. The number of carbonyl (C=O) groups excluding carboxylic acids is 1. The van der Waals surface area contributed by atoms with Gasteiger partial charge in [0.15, 0.2) is 0 Å². The van der Waals surface area contributed by atoms with E-state index in [4.69, 9.17) is 0 Å². The molecular weight excluding hydrogens is 419 g/mol. The molecule has 4 unspecified atom stereocenters. The monoisotopic (exact) mass is 448 g/mol. The summed E-state index contributed by atoms with van der Waals surface area (Å²) in [7, 11) is 0. The Morgan fingerprint density at radius 1 is 1.09 bits per heavy atom. The lowest BCUT2D eigenvalue weighted by Gasteiger charge is -2.45. The first-order valence-electron chi connectivity index (χ1n) is 11.9. The fraction of sp³-hybridized carbons (Fsp3) is 0.407. The van der Waals surface area contributed by atoms with E-state index in [2.05, 4.69) is 4.98 Å². The molecule has 0 spiro atoms. The molecule has 2 aromatic carbocycles. The Labute approximate surface area is 192 Å². The maximum Gasteiger partial charge on any atom is 0.306 e. The van der Waals surface area contributed by atoms with Crippen LogP contribution in [0.5, 0.6) is 0 Å². The number of piperidine rings is 1. The van der Waals surface area contributed by atoms with Crippen molar-refractivity contribution in [2.24, 2.45) is 11.8 Å². The van der Waals surface area contributed by atoms with E-state index >= 15 is 0 Å². The zero-order valence-corrected chi connectivity index (χ0v) is 18.5. The minimum atomic E-state index is -0.720. The third-order valence-electron chi connectivity index (χ3n) is 7.63. The Hall–Kier alpha value is -3.15. The topological polar surface area (TPSA) is 73.4 Å². The van der Waals surface area contributed by atoms with Crippen LogP contribution in [0.2, 0.25) is 0 Å². The number of nitrogens with one attached hydrogen (secondary N) is 1. The number of aromatic nitrogens is 1. The smallest absolute Gasteiger partial charge is 0.306 e. The second kappa shape index (κ2) is 9.00. The number of aliphatic carboxylic acids is 1. The molecule has 0 radical (unpaired) electrons. The fourth-order valence-electron chi connectivity index (χ4n) is 6.02. The first-order chi connectivity index (χ1) is 16.0. The number of amides is 1. The highest BCUT2D eigenvalue weighted by molar-refractivity contribution is 5.86. The summed E-state index contributed by atoms with van der Waals surface area (Å²) in [5.41, 5.74) is 2.51. The van der Waals surface area contributed by atoms with Gasteiger partial charge in [-0.1, -0.05) is 36.4 Å². The van der Waals surface area contributed by atoms with E-state index < -0.39 is 5.97 Å². The lowest BCUT2D eigenvalue weighted by atomic mass is 9.73. The van der Waals surface area contributed by atoms with Crippen molar-refractivity contribution < 1.29 is 19.1 Å². The summed E-state index contributed by atoms with van der Waals surface area (Å²) in [6, 6.07) is 14.9. The first-order valence-corrected chi connectivity index (χ1v) is 11.9. The third-order valence-corrected chi connectivity index (χ3v) is 7.63. The zero-order valence-electron chi connectivity index (χ0n) is 18.5. The van der Waals surface area contributed by atoms with E-state index in [0.717, 1.165) is 35.9 Å². The highest BCUT2D eigenvalue weighted by Crippen LogP contribution is 2.40. The van der Waals surface area contributed by atoms with Gasteiger partial charge >= 0.3 is 5.97 Å². The molecule has 1 amide bonds. The standard InChI is InChI=1S/C27H29FN2O3/c28-22-9-4-10-23-26(22)21(16-29-23)20(17-6-2-1-3-7-17)15-25(31)30-13-5-8-18-14-19(27(32)33)11-12-24(18)30/h1-4,6-7,9-10,16,18-20,24,29H,5,8,11-15H2,(H,32,33). The number of rotatable bonds is 5. The molecule has 4 atom stereocenters. The molecule has 2 fully saturated rings. The van der Waals surface area contributed by atoms with Crippen LogP contribution in [0.15, 0.2) is 54.7 Å². The Morgan fingerprint density at radius 2 is 1.91 bits per heavy atom. The van der Waals surface area contributed by atoms with E-state index in [1.807, 2.05) is 47.5 Å². The van der Waals surface area contributed by atoms with Crippen molar-refractivity contribution in [3.05, 3.63) is 71.7 Å². The molecule has 2 heterocycles. The largest absolute Gasteiger partial charge is 0.481 e. The molecule has 1 aromatic heterocycles. The van der Waals surface area contributed by atoms with Crippen LogP contribution in [0.1, 0.15) is 55.6 Å². The number of H-pyrrole nitrogens is 1. The molecule has 5 nitrogen and oxygen atoms in total. The number of carbonyl (C=O) groups is 2. The molecule has 0 bridgehead atoms. The number of hydrogen-bond donors (Lipinski definition) is 2. The highest BCUT2D eigenvalue weighted by atomic mass is 19.1. The van der Waals surface area contributed by atoms with Crippen LogP contribution in [0.4, 0.5) is 4.39 Å². The molecule has 1 aliphatic heterocycles. The summed E-state index contributed by atoms with van der Waals surface area (Å²) in [5, 5.41) is 9.99. The molecule has 5 rings (SSSR count). The molecule has 1 saturated heterocycles. The van der Waals surface area contributed by atoms with Gasteiger partial charge in [-0.05, 0) is 61.3 Å². The fourth-order valence-corrected chi connectivity index (χ4v) is 6.02. The molecule has 3 aromatic rings. The Morgan fingerprint density at radius 3 is 2.70 bits per heavy atom. The van der Waals surface area contributed by atoms with Crippen molar-refractivity contribution in [3.8, 4) is 0 Å². The van der Waals surface area contributed by atoms with Crippen molar-refractivity contribution >= 4 is 22.8 Å². The molecule has 2 N–H and O–H groups in total. The zero-order chi connectivity index (χ0) is 22.9. The van der Waals surface area contributed by atoms with Crippen molar-refractivity contribution in [2.45, 2.75) is 50.5 Å². The van der Waals surface area contributed by atoms with Crippen LogP contribution in [-0.2, 0) is 9.59 Å². The minimum Gasteiger partial charge on any atom is -0.481 e. The SMILES string of the molecule is O=C(O)C1CCC2C(CCCN2C(=O)CC(c2ccccc2)c2c[nH]c3cccc(F)c23)C1. The van der Waals surface area contributed by atoms with Crippen molar-refractivity contribution in [1.82, 2.24) is 9.88 Å². The molecule has 33 heavy (non-hydrogen) atoms.